The van der Waals surface area contributed by atoms with E-state index in [0.717, 1.165) is 12.0 Å². The number of imide groups is 2. The lowest BCUT2D eigenvalue weighted by Gasteiger charge is -2.24. The van der Waals surface area contributed by atoms with Crippen LogP contribution in [0.1, 0.15) is 37.9 Å². The van der Waals surface area contributed by atoms with Gasteiger partial charge in [-0.25, -0.2) is 9.69 Å². The molecule has 0 radical (unpaired) electrons. The average molecular weight is 345 g/mol. The van der Waals surface area contributed by atoms with Gasteiger partial charge in [0.05, 0.1) is 6.04 Å². The van der Waals surface area contributed by atoms with Crippen LogP contribution in [0.25, 0.3) is 0 Å². The lowest BCUT2D eigenvalue weighted by molar-refractivity contribution is -0.143. The summed E-state index contributed by atoms with van der Waals surface area (Å²) >= 11 is 0. The predicted molar refractivity (Wildman–Crippen MR) is 91.4 cm³/mol. The standard InChI is InChI=1S/C18H23N3O4/c1-5-12-6-8-13(9-7-12)15(11(2)3)19-14(22)10-21-17(24)16(23)20(4)18(21)25/h6-9,11,15H,5,10H2,1-4H3,(H,19,22)/t15-/m0/s1. The summed E-state index contributed by atoms with van der Waals surface area (Å²) in [5.41, 5.74) is 2.15. The Balaban J connectivity index is 2.09. The van der Waals surface area contributed by atoms with Crippen LogP contribution in [0.15, 0.2) is 24.3 Å². The highest BCUT2D eigenvalue weighted by atomic mass is 16.2. The molecule has 25 heavy (non-hydrogen) atoms. The Morgan fingerprint density at radius 1 is 1.08 bits per heavy atom. The van der Waals surface area contributed by atoms with Gasteiger partial charge < -0.3 is 5.32 Å². The zero-order chi connectivity index (χ0) is 18.7. The number of amides is 5. The van der Waals surface area contributed by atoms with Gasteiger partial charge >= 0.3 is 17.8 Å². The second-order valence-electron chi connectivity index (χ2n) is 6.42. The number of carbonyl (C=O) groups excluding carboxylic acids is 4. The first-order valence-electron chi connectivity index (χ1n) is 8.28. The van der Waals surface area contributed by atoms with Gasteiger partial charge in [-0.05, 0) is 23.5 Å². The molecular weight excluding hydrogens is 322 g/mol. The number of aryl methyl sites for hydroxylation is 1. The highest BCUT2D eigenvalue weighted by molar-refractivity contribution is 6.44. The van der Waals surface area contributed by atoms with Crippen molar-refractivity contribution in [2.45, 2.75) is 33.2 Å². The largest absolute Gasteiger partial charge is 0.347 e. The Morgan fingerprint density at radius 2 is 1.68 bits per heavy atom. The van der Waals surface area contributed by atoms with Gasteiger partial charge in [0.15, 0.2) is 0 Å². The summed E-state index contributed by atoms with van der Waals surface area (Å²) in [6.45, 7) is 5.55. The smallest absolute Gasteiger partial charge is 0.334 e. The van der Waals surface area contributed by atoms with E-state index in [1.54, 1.807) is 0 Å². The molecule has 0 aliphatic carbocycles. The zero-order valence-electron chi connectivity index (χ0n) is 14.9. The Bertz CT molecular complexity index is 697. The summed E-state index contributed by atoms with van der Waals surface area (Å²) in [5, 5.41) is 2.85. The van der Waals surface area contributed by atoms with Crippen LogP contribution in [0.5, 0.6) is 0 Å². The number of nitrogens with zero attached hydrogens (tertiary/aromatic N) is 2. The van der Waals surface area contributed by atoms with Gasteiger partial charge in [0.2, 0.25) is 5.91 Å². The molecule has 1 saturated heterocycles. The molecule has 0 unspecified atom stereocenters. The lowest BCUT2D eigenvalue weighted by atomic mass is 9.95. The first-order valence-corrected chi connectivity index (χ1v) is 8.28. The molecule has 0 bridgehead atoms. The Hall–Kier alpha value is -2.70. The van der Waals surface area contributed by atoms with Crippen molar-refractivity contribution < 1.29 is 19.2 Å². The molecule has 2 rings (SSSR count). The summed E-state index contributed by atoms with van der Waals surface area (Å²) in [6.07, 6.45) is 0.930. The van der Waals surface area contributed by atoms with Crippen molar-refractivity contribution in [2.24, 2.45) is 5.92 Å². The molecule has 134 valence electrons. The maximum Gasteiger partial charge on any atom is 0.334 e. The van der Waals surface area contributed by atoms with E-state index in [4.69, 9.17) is 0 Å². The van der Waals surface area contributed by atoms with Gasteiger partial charge in [-0.1, -0.05) is 45.0 Å². The lowest BCUT2D eigenvalue weighted by Crippen LogP contribution is -2.43. The third-order valence-corrected chi connectivity index (χ3v) is 4.28. The maximum absolute atomic E-state index is 12.3. The average Bonchev–Trinajstić information content (AvgIpc) is 2.77. The second-order valence-corrected chi connectivity index (χ2v) is 6.42. The first-order chi connectivity index (χ1) is 11.8. The summed E-state index contributed by atoms with van der Waals surface area (Å²) in [6, 6.07) is 6.93. The SMILES string of the molecule is CCc1ccc([C@@H](NC(=O)CN2C(=O)C(=O)N(C)C2=O)C(C)C)cc1. The van der Waals surface area contributed by atoms with Crippen molar-refractivity contribution in [3.8, 4) is 0 Å². The van der Waals surface area contributed by atoms with Crippen LogP contribution in [0.2, 0.25) is 0 Å². The van der Waals surface area contributed by atoms with Gasteiger partial charge in [0.1, 0.15) is 6.54 Å². The van der Waals surface area contributed by atoms with Gasteiger partial charge in [0, 0.05) is 7.05 Å². The predicted octanol–water partition coefficient (Wildman–Crippen LogP) is 1.48. The van der Waals surface area contributed by atoms with Crippen molar-refractivity contribution >= 4 is 23.8 Å². The molecule has 1 N–H and O–H groups in total. The monoisotopic (exact) mass is 345 g/mol. The molecule has 1 aliphatic heterocycles. The fourth-order valence-electron chi connectivity index (χ4n) is 2.71. The summed E-state index contributed by atoms with van der Waals surface area (Å²) in [7, 11) is 1.21. The number of nitrogens with one attached hydrogen (secondary N) is 1. The van der Waals surface area contributed by atoms with E-state index in [1.165, 1.54) is 12.6 Å². The minimum absolute atomic E-state index is 0.116. The Morgan fingerprint density at radius 3 is 2.12 bits per heavy atom. The highest BCUT2D eigenvalue weighted by Gasteiger charge is 2.43. The van der Waals surface area contributed by atoms with Gasteiger partial charge in [-0.3, -0.25) is 19.3 Å². The van der Waals surface area contributed by atoms with Crippen molar-refractivity contribution in [2.75, 3.05) is 13.6 Å². The fraction of sp³-hybridized carbons (Fsp3) is 0.444. The van der Waals surface area contributed by atoms with Crippen molar-refractivity contribution in [1.82, 2.24) is 15.1 Å². The zero-order valence-corrected chi connectivity index (χ0v) is 14.9. The molecule has 1 heterocycles. The number of hydrogen-bond acceptors (Lipinski definition) is 4. The Labute approximate surface area is 147 Å². The minimum atomic E-state index is -0.976. The van der Waals surface area contributed by atoms with E-state index in [2.05, 4.69) is 12.2 Å². The molecule has 1 atom stereocenters. The van der Waals surface area contributed by atoms with E-state index in [9.17, 15) is 19.2 Å². The number of hydrogen-bond donors (Lipinski definition) is 1. The van der Waals surface area contributed by atoms with E-state index in [-0.39, 0.29) is 12.0 Å². The van der Waals surface area contributed by atoms with E-state index >= 15 is 0 Å². The van der Waals surface area contributed by atoms with E-state index in [1.807, 2.05) is 38.1 Å². The number of carbonyl (C=O) groups is 4. The van der Waals surface area contributed by atoms with Crippen LogP contribution in [0, 0.1) is 5.92 Å². The number of benzene rings is 1. The molecule has 0 aromatic heterocycles. The molecule has 1 fully saturated rings. The summed E-state index contributed by atoms with van der Waals surface area (Å²) in [5.74, 6) is -2.27. The molecule has 1 aliphatic rings. The van der Waals surface area contributed by atoms with Crippen LogP contribution >= 0.6 is 0 Å². The summed E-state index contributed by atoms with van der Waals surface area (Å²) < 4.78 is 0. The molecule has 0 saturated carbocycles. The number of likely N-dealkylation sites (N-methyl/N-ethyl adjacent to an activating group) is 1. The van der Waals surface area contributed by atoms with Crippen LogP contribution in [0.4, 0.5) is 4.79 Å². The number of rotatable bonds is 6. The van der Waals surface area contributed by atoms with E-state index in [0.29, 0.717) is 9.80 Å². The molecule has 5 amide bonds. The van der Waals surface area contributed by atoms with Crippen molar-refractivity contribution in [1.29, 1.82) is 0 Å². The first kappa shape index (κ1) is 18.6. The van der Waals surface area contributed by atoms with Gasteiger partial charge in [-0.2, -0.15) is 0 Å². The van der Waals surface area contributed by atoms with Crippen molar-refractivity contribution in [3.05, 3.63) is 35.4 Å². The molecule has 7 heteroatoms. The van der Waals surface area contributed by atoms with Crippen LogP contribution in [-0.4, -0.2) is 47.1 Å². The summed E-state index contributed by atoms with van der Waals surface area (Å²) in [4.78, 5) is 48.8. The minimum Gasteiger partial charge on any atom is -0.347 e. The second kappa shape index (κ2) is 7.46. The molecule has 0 spiro atoms. The van der Waals surface area contributed by atoms with Crippen LogP contribution in [-0.2, 0) is 20.8 Å². The van der Waals surface area contributed by atoms with Crippen molar-refractivity contribution in [3.63, 3.8) is 0 Å². The normalized spacial score (nSPS) is 16.0. The molecular formula is C18H23N3O4. The fourth-order valence-corrected chi connectivity index (χ4v) is 2.71. The quantitative estimate of drug-likeness (QED) is 0.625. The molecule has 7 nitrogen and oxygen atoms in total. The van der Waals surface area contributed by atoms with Gasteiger partial charge in [-0.15, -0.1) is 0 Å². The van der Waals surface area contributed by atoms with Gasteiger partial charge in [0.25, 0.3) is 0 Å². The van der Waals surface area contributed by atoms with Crippen LogP contribution < -0.4 is 5.32 Å². The Kier molecular flexibility index (Phi) is 5.56. The third-order valence-electron chi connectivity index (χ3n) is 4.28. The third kappa shape index (κ3) is 3.87. The van der Waals surface area contributed by atoms with E-state index < -0.39 is 30.3 Å². The highest BCUT2D eigenvalue weighted by Crippen LogP contribution is 2.22. The molecule has 1 aromatic rings. The van der Waals surface area contributed by atoms with Crippen LogP contribution in [0.3, 0.4) is 0 Å². The topological polar surface area (TPSA) is 86.8 Å². The maximum atomic E-state index is 12.3. The number of urea groups is 1. The molecule has 1 aromatic carbocycles.